The molecule has 1 heterocycles. The van der Waals surface area contributed by atoms with Crippen LogP contribution in [0.1, 0.15) is 36.8 Å². The lowest BCUT2D eigenvalue weighted by Gasteiger charge is -2.35. The Morgan fingerprint density at radius 2 is 1.86 bits per heavy atom. The maximum absolute atomic E-state index is 5.73. The molecule has 1 spiro atoms. The normalized spacial score (nSPS) is 23.7. The number of hydrogen-bond donors (Lipinski definition) is 0. The molecule has 0 unspecified atom stereocenters. The smallest absolute Gasteiger partial charge is 0.0720 e. The third-order valence-electron chi connectivity index (χ3n) is 3.79. The molecule has 0 N–H and O–H groups in total. The monoisotopic (exact) mass is 188 g/mol. The average molecular weight is 188 g/mol. The highest BCUT2D eigenvalue weighted by Gasteiger charge is 2.39. The van der Waals surface area contributed by atoms with Gasteiger partial charge in [0, 0.05) is 5.41 Å². The van der Waals surface area contributed by atoms with E-state index >= 15 is 0 Å². The van der Waals surface area contributed by atoms with Crippen LogP contribution in [0.4, 0.5) is 0 Å². The molecule has 3 rings (SSSR count). The zero-order valence-corrected chi connectivity index (χ0v) is 8.46. The van der Waals surface area contributed by atoms with E-state index in [1.807, 2.05) is 0 Å². The van der Waals surface area contributed by atoms with Crippen molar-refractivity contribution in [3.8, 4) is 0 Å². The minimum atomic E-state index is 0.384. The van der Waals surface area contributed by atoms with E-state index in [4.69, 9.17) is 4.74 Å². The van der Waals surface area contributed by atoms with Crippen LogP contribution in [0.5, 0.6) is 0 Å². The SMILES string of the molecule is c1ccc2c(c1)COCC21CCCC1. The molecule has 1 aromatic rings. The van der Waals surface area contributed by atoms with Gasteiger partial charge in [-0.15, -0.1) is 0 Å². The highest BCUT2D eigenvalue weighted by atomic mass is 16.5. The van der Waals surface area contributed by atoms with Crippen molar-refractivity contribution in [2.75, 3.05) is 6.61 Å². The average Bonchev–Trinajstić information content (AvgIpc) is 2.68. The molecule has 1 nitrogen and oxygen atoms in total. The van der Waals surface area contributed by atoms with E-state index in [1.54, 1.807) is 5.56 Å². The van der Waals surface area contributed by atoms with Crippen molar-refractivity contribution >= 4 is 0 Å². The lowest BCUT2D eigenvalue weighted by Crippen LogP contribution is -2.33. The van der Waals surface area contributed by atoms with Gasteiger partial charge in [0.15, 0.2) is 0 Å². The van der Waals surface area contributed by atoms with Gasteiger partial charge in [0.05, 0.1) is 13.2 Å². The summed E-state index contributed by atoms with van der Waals surface area (Å²) < 4.78 is 5.73. The largest absolute Gasteiger partial charge is 0.376 e. The van der Waals surface area contributed by atoms with E-state index in [2.05, 4.69) is 24.3 Å². The van der Waals surface area contributed by atoms with Gasteiger partial charge in [-0.1, -0.05) is 37.1 Å². The summed E-state index contributed by atoms with van der Waals surface area (Å²) in [7, 11) is 0. The van der Waals surface area contributed by atoms with E-state index in [-0.39, 0.29) is 0 Å². The van der Waals surface area contributed by atoms with E-state index in [9.17, 15) is 0 Å². The molecule has 0 atom stereocenters. The second-order valence-electron chi connectivity index (χ2n) is 4.64. The molecule has 0 radical (unpaired) electrons. The van der Waals surface area contributed by atoms with Crippen LogP contribution < -0.4 is 0 Å². The van der Waals surface area contributed by atoms with Gasteiger partial charge in [-0.2, -0.15) is 0 Å². The topological polar surface area (TPSA) is 9.23 Å². The number of fused-ring (bicyclic) bond motifs is 2. The van der Waals surface area contributed by atoms with Gasteiger partial charge in [0.25, 0.3) is 0 Å². The standard InChI is InChI=1S/C13H16O/c1-2-6-12-11(5-1)9-14-10-13(12)7-3-4-8-13/h1-2,5-6H,3-4,7-10H2. The molecule has 1 aromatic carbocycles. The Labute approximate surface area is 85.1 Å². The molecular formula is C13H16O. The van der Waals surface area contributed by atoms with E-state index in [1.165, 1.54) is 31.2 Å². The van der Waals surface area contributed by atoms with Crippen LogP contribution in [0, 0.1) is 0 Å². The van der Waals surface area contributed by atoms with Gasteiger partial charge in [-0.25, -0.2) is 0 Å². The van der Waals surface area contributed by atoms with E-state index in [0.29, 0.717) is 5.41 Å². The first-order chi connectivity index (χ1) is 6.91. The van der Waals surface area contributed by atoms with Crippen molar-refractivity contribution in [3.05, 3.63) is 35.4 Å². The molecule has 0 amide bonds. The molecule has 1 heteroatoms. The lowest BCUT2D eigenvalue weighted by atomic mass is 9.76. The highest BCUT2D eigenvalue weighted by Crippen LogP contribution is 2.44. The van der Waals surface area contributed by atoms with Gasteiger partial charge < -0.3 is 4.74 Å². The minimum Gasteiger partial charge on any atom is -0.376 e. The first-order valence-corrected chi connectivity index (χ1v) is 5.57. The predicted molar refractivity (Wildman–Crippen MR) is 56.2 cm³/mol. The minimum absolute atomic E-state index is 0.384. The molecule has 1 aliphatic heterocycles. The molecule has 0 aromatic heterocycles. The summed E-state index contributed by atoms with van der Waals surface area (Å²) in [6.07, 6.45) is 5.39. The molecule has 1 saturated carbocycles. The third-order valence-corrected chi connectivity index (χ3v) is 3.79. The maximum Gasteiger partial charge on any atom is 0.0720 e. The van der Waals surface area contributed by atoms with Crippen LogP contribution in [-0.4, -0.2) is 6.61 Å². The Balaban J connectivity index is 2.10. The summed E-state index contributed by atoms with van der Waals surface area (Å²) in [5, 5.41) is 0. The third kappa shape index (κ3) is 1.12. The summed E-state index contributed by atoms with van der Waals surface area (Å²) in [6.45, 7) is 1.77. The fourth-order valence-corrected chi connectivity index (χ4v) is 3.06. The Bertz CT molecular complexity index is 337. The van der Waals surface area contributed by atoms with Crippen LogP contribution in [0.25, 0.3) is 0 Å². The van der Waals surface area contributed by atoms with Crippen molar-refractivity contribution in [1.82, 2.24) is 0 Å². The van der Waals surface area contributed by atoms with Gasteiger partial charge in [0.1, 0.15) is 0 Å². The van der Waals surface area contributed by atoms with Gasteiger partial charge in [0.2, 0.25) is 0 Å². The predicted octanol–water partition coefficient (Wildman–Crippen LogP) is 3.03. The summed E-state index contributed by atoms with van der Waals surface area (Å²) in [6, 6.07) is 8.82. The molecule has 14 heavy (non-hydrogen) atoms. The van der Waals surface area contributed by atoms with Crippen molar-refractivity contribution in [2.24, 2.45) is 0 Å². The van der Waals surface area contributed by atoms with Crippen molar-refractivity contribution in [1.29, 1.82) is 0 Å². The van der Waals surface area contributed by atoms with Crippen LogP contribution in [-0.2, 0) is 16.8 Å². The first-order valence-electron chi connectivity index (χ1n) is 5.57. The Morgan fingerprint density at radius 3 is 2.71 bits per heavy atom. The molecule has 0 saturated heterocycles. The number of ether oxygens (including phenoxy) is 1. The maximum atomic E-state index is 5.73. The van der Waals surface area contributed by atoms with Gasteiger partial charge in [-0.3, -0.25) is 0 Å². The van der Waals surface area contributed by atoms with Crippen molar-refractivity contribution in [2.45, 2.75) is 37.7 Å². The van der Waals surface area contributed by atoms with E-state index < -0.39 is 0 Å². The summed E-state index contributed by atoms with van der Waals surface area (Å²) >= 11 is 0. The molecule has 2 aliphatic rings. The highest BCUT2D eigenvalue weighted by molar-refractivity contribution is 5.36. The fourth-order valence-electron chi connectivity index (χ4n) is 3.06. The van der Waals surface area contributed by atoms with Crippen molar-refractivity contribution < 1.29 is 4.74 Å². The summed E-state index contributed by atoms with van der Waals surface area (Å²) in [4.78, 5) is 0. The second kappa shape index (κ2) is 3.09. The summed E-state index contributed by atoms with van der Waals surface area (Å²) in [5.41, 5.74) is 3.37. The van der Waals surface area contributed by atoms with Crippen LogP contribution in [0.2, 0.25) is 0 Å². The van der Waals surface area contributed by atoms with Gasteiger partial charge in [-0.05, 0) is 24.0 Å². The Kier molecular flexibility index (Phi) is 1.88. The first kappa shape index (κ1) is 8.49. The molecule has 1 aliphatic carbocycles. The molecule has 74 valence electrons. The summed E-state index contributed by atoms with van der Waals surface area (Å²) in [5.74, 6) is 0. The zero-order valence-electron chi connectivity index (χ0n) is 8.46. The quantitative estimate of drug-likeness (QED) is 0.608. The lowest BCUT2D eigenvalue weighted by molar-refractivity contribution is 0.0530. The van der Waals surface area contributed by atoms with Crippen LogP contribution >= 0.6 is 0 Å². The van der Waals surface area contributed by atoms with Gasteiger partial charge >= 0.3 is 0 Å². The Hall–Kier alpha value is -0.820. The number of rotatable bonds is 0. The van der Waals surface area contributed by atoms with Crippen LogP contribution in [0.15, 0.2) is 24.3 Å². The number of hydrogen-bond acceptors (Lipinski definition) is 1. The molecular weight excluding hydrogens is 172 g/mol. The second-order valence-corrected chi connectivity index (χ2v) is 4.64. The Morgan fingerprint density at radius 1 is 1.07 bits per heavy atom. The number of benzene rings is 1. The molecule has 0 bridgehead atoms. The molecule has 1 fully saturated rings. The van der Waals surface area contributed by atoms with Crippen LogP contribution in [0.3, 0.4) is 0 Å². The zero-order chi connectivity index (χ0) is 9.43. The fraction of sp³-hybridized carbons (Fsp3) is 0.538. The van der Waals surface area contributed by atoms with E-state index in [0.717, 1.165) is 13.2 Å². The van der Waals surface area contributed by atoms with Crippen molar-refractivity contribution in [3.63, 3.8) is 0 Å².